The maximum Gasteiger partial charge on any atom is 0.270 e. The third kappa shape index (κ3) is 8.18. The number of nitrogens with two attached hydrogens (primary N) is 1. The number of nitrogens with one attached hydrogen (secondary N) is 2. The summed E-state index contributed by atoms with van der Waals surface area (Å²) in [5.74, 6) is -0.186. The van der Waals surface area contributed by atoms with Crippen molar-refractivity contribution in [2.24, 2.45) is 11.7 Å². The number of hydrogen-bond donors (Lipinski definition) is 3. The Bertz CT molecular complexity index is 883. The second kappa shape index (κ2) is 13.4. The van der Waals surface area contributed by atoms with Crippen LogP contribution in [0.2, 0.25) is 0 Å². The lowest BCUT2D eigenvalue weighted by molar-refractivity contribution is -0.130. The normalized spacial score (nSPS) is 19.1. The van der Waals surface area contributed by atoms with Gasteiger partial charge in [0.15, 0.2) is 0 Å². The van der Waals surface area contributed by atoms with Crippen LogP contribution in [0.1, 0.15) is 63.0 Å². The Balaban J connectivity index is 1.61. The molecule has 4 N–H and O–H groups in total. The molecular formula is C27H41N5O3. The zero-order chi connectivity index (χ0) is 25.2. The topological polar surface area (TPSA) is 108 Å². The first-order valence-corrected chi connectivity index (χ1v) is 13.0. The minimum Gasteiger partial charge on any atom is -0.351 e. The molecule has 0 spiro atoms. The first kappa shape index (κ1) is 26.9. The summed E-state index contributed by atoms with van der Waals surface area (Å²) < 4.78 is 0. The predicted octanol–water partition coefficient (Wildman–Crippen LogP) is 2.24. The van der Waals surface area contributed by atoms with E-state index in [0.717, 1.165) is 49.9 Å². The Morgan fingerprint density at radius 3 is 2.26 bits per heavy atom. The van der Waals surface area contributed by atoms with Crippen LogP contribution in [0.3, 0.4) is 0 Å². The molecule has 3 amide bonds. The largest absolute Gasteiger partial charge is 0.351 e. The first-order chi connectivity index (χ1) is 16.9. The van der Waals surface area contributed by atoms with E-state index in [0.29, 0.717) is 26.1 Å². The smallest absolute Gasteiger partial charge is 0.270 e. The van der Waals surface area contributed by atoms with Gasteiger partial charge in [-0.2, -0.15) is 0 Å². The van der Waals surface area contributed by atoms with Crippen molar-refractivity contribution < 1.29 is 14.4 Å². The number of rotatable bonds is 8. The zero-order valence-electron chi connectivity index (χ0n) is 21.2. The molecule has 2 fully saturated rings. The summed E-state index contributed by atoms with van der Waals surface area (Å²) in [6, 6.07) is 7.16. The molecule has 192 valence electrons. The monoisotopic (exact) mass is 483 g/mol. The zero-order valence-corrected chi connectivity index (χ0v) is 21.2. The van der Waals surface area contributed by atoms with Crippen molar-refractivity contribution in [2.45, 2.75) is 64.5 Å². The van der Waals surface area contributed by atoms with Crippen molar-refractivity contribution in [3.05, 3.63) is 41.1 Å². The summed E-state index contributed by atoms with van der Waals surface area (Å²) in [4.78, 5) is 41.7. The Kier molecular flexibility index (Phi) is 10.3. The van der Waals surface area contributed by atoms with Gasteiger partial charge in [0.05, 0.1) is 6.04 Å². The lowest BCUT2D eigenvalue weighted by Crippen LogP contribution is -2.49. The fourth-order valence-corrected chi connectivity index (χ4v) is 4.66. The van der Waals surface area contributed by atoms with Gasteiger partial charge in [-0.05, 0) is 43.0 Å². The Morgan fingerprint density at radius 2 is 1.66 bits per heavy atom. The number of likely N-dealkylation sites (N-methyl/N-ethyl adjacent to an activating group) is 1. The fraction of sp³-hybridized carbons (Fsp3) is 0.593. The molecule has 1 aliphatic carbocycles. The van der Waals surface area contributed by atoms with E-state index in [1.807, 2.05) is 31.3 Å². The standard InChI is InChI=1S/C27H41N5O3/c1-3-24(33)30-23(27(35)32-16-14-31(2)15-17-32)18-20-10-12-21(13-11-20)19-29-26(34)25(28)22-8-6-4-5-7-9-22/h10-13,18,22,25H,3-9,14-17,19,28H2,1-2H3,(H,29,34)(H,30,33)/b23-18+/t25-/m0/s1. The quantitative estimate of drug-likeness (QED) is 0.388. The number of amides is 3. The van der Waals surface area contributed by atoms with E-state index in [1.165, 1.54) is 12.8 Å². The molecular weight excluding hydrogens is 442 g/mol. The highest BCUT2D eigenvalue weighted by Gasteiger charge is 2.25. The van der Waals surface area contributed by atoms with Crippen molar-refractivity contribution in [3.8, 4) is 0 Å². The van der Waals surface area contributed by atoms with Crippen LogP contribution in [0.4, 0.5) is 0 Å². The van der Waals surface area contributed by atoms with Crippen LogP contribution < -0.4 is 16.4 Å². The van der Waals surface area contributed by atoms with Crippen LogP contribution in [-0.2, 0) is 20.9 Å². The lowest BCUT2D eigenvalue weighted by Gasteiger charge is -2.33. The molecule has 1 aliphatic heterocycles. The van der Waals surface area contributed by atoms with E-state index in [9.17, 15) is 14.4 Å². The average Bonchev–Trinajstić information content (AvgIpc) is 3.17. The third-order valence-electron chi connectivity index (χ3n) is 7.08. The number of nitrogens with zero attached hydrogens (tertiary/aromatic N) is 2. The van der Waals surface area contributed by atoms with E-state index in [1.54, 1.807) is 17.9 Å². The van der Waals surface area contributed by atoms with Crippen molar-refractivity contribution in [1.82, 2.24) is 20.4 Å². The van der Waals surface area contributed by atoms with Gasteiger partial charge in [0.25, 0.3) is 5.91 Å². The van der Waals surface area contributed by atoms with Crippen molar-refractivity contribution in [1.29, 1.82) is 0 Å². The predicted molar refractivity (Wildman–Crippen MR) is 138 cm³/mol. The van der Waals surface area contributed by atoms with Crippen LogP contribution in [0.15, 0.2) is 30.0 Å². The minimum absolute atomic E-state index is 0.0943. The van der Waals surface area contributed by atoms with Gasteiger partial charge in [0.1, 0.15) is 5.70 Å². The maximum atomic E-state index is 13.1. The van der Waals surface area contributed by atoms with Gasteiger partial charge in [0, 0.05) is 39.1 Å². The minimum atomic E-state index is -0.458. The maximum absolute atomic E-state index is 13.1. The molecule has 0 aromatic heterocycles. The average molecular weight is 484 g/mol. The Morgan fingerprint density at radius 1 is 1.03 bits per heavy atom. The van der Waals surface area contributed by atoms with Gasteiger partial charge in [-0.1, -0.05) is 56.9 Å². The fourth-order valence-electron chi connectivity index (χ4n) is 4.66. The molecule has 1 saturated carbocycles. The number of carbonyl (C=O) groups is 3. The summed E-state index contributed by atoms with van der Waals surface area (Å²) in [7, 11) is 2.03. The van der Waals surface area contributed by atoms with E-state index < -0.39 is 6.04 Å². The van der Waals surface area contributed by atoms with Gasteiger partial charge in [-0.15, -0.1) is 0 Å². The van der Waals surface area contributed by atoms with Gasteiger partial charge < -0.3 is 26.2 Å². The van der Waals surface area contributed by atoms with E-state index >= 15 is 0 Å². The molecule has 0 radical (unpaired) electrons. The Labute approximate surface area is 209 Å². The van der Waals surface area contributed by atoms with Crippen LogP contribution in [0.5, 0.6) is 0 Å². The van der Waals surface area contributed by atoms with Crippen molar-refractivity contribution >= 4 is 23.8 Å². The van der Waals surface area contributed by atoms with Crippen LogP contribution in [-0.4, -0.2) is 66.8 Å². The van der Waals surface area contributed by atoms with Crippen LogP contribution >= 0.6 is 0 Å². The van der Waals surface area contributed by atoms with Crippen molar-refractivity contribution in [2.75, 3.05) is 33.2 Å². The summed E-state index contributed by atoms with van der Waals surface area (Å²) in [6.07, 6.45) is 8.84. The van der Waals surface area contributed by atoms with E-state index in [4.69, 9.17) is 5.73 Å². The summed E-state index contributed by atoms with van der Waals surface area (Å²) in [5, 5.41) is 5.75. The van der Waals surface area contributed by atoms with E-state index in [-0.39, 0.29) is 29.3 Å². The molecule has 1 aromatic carbocycles. The molecule has 2 aliphatic rings. The van der Waals surface area contributed by atoms with E-state index in [2.05, 4.69) is 15.5 Å². The second-order valence-electron chi connectivity index (χ2n) is 9.79. The van der Waals surface area contributed by atoms with Crippen LogP contribution in [0.25, 0.3) is 6.08 Å². The van der Waals surface area contributed by atoms with Crippen molar-refractivity contribution in [3.63, 3.8) is 0 Å². The van der Waals surface area contributed by atoms with Crippen LogP contribution in [0, 0.1) is 5.92 Å². The highest BCUT2D eigenvalue weighted by Crippen LogP contribution is 2.25. The molecule has 0 unspecified atom stereocenters. The summed E-state index contributed by atoms with van der Waals surface area (Å²) >= 11 is 0. The summed E-state index contributed by atoms with van der Waals surface area (Å²) in [6.45, 7) is 5.06. The molecule has 1 aromatic rings. The Hall–Kier alpha value is -2.71. The molecule has 1 atom stereocenters. The molecule has 8 heteroatoms. The molecule has 35 heavy (non-hydrogen) atoms. The third-order valence-corrected chi connectivity index (χ3v) is 7.08. The van der Waals surface area contributed by atoms with Gasteiger partial charge >= 0.3 is 0 Å². The second-order valence-corrected chi connectivity index (χ2v) is 9.79. The number of carbonyl (C=O) groups excluding carboxylic acids is 3. The molecule has 3 rings (SSSR count). The first-order valence-electron chi connectivity index (χ1n) is 13.0. The van der Waals surface area contributed by atoms with Gasteiger partial charge in [-0.3, -0.25) is 14.4 Å². The highest BCUT2D eigenvalue weighted by molar-refractivity contribution is 6.01. The molecule has 1 heterocycles. The molecule has 8 nitrogen and oxygen atoms in total. The van der Waals surface area contributed by atoms with Gasteiger partial charge in [0.2, 0.25) is 11.8 Å². The molecule has 0 bridgehead atoms. The number of piperazine rings is 1. The molecule has 1 saturated heterocycles. The lowest BCUT2D eigenvalue weighted by atomic mass is 9.92. The number of benzene rings is 1. The SMILES string of the molecule is CCC(=O)N/C(=C/c1ccc(CNC(=O)[C@@H](N)C2CCCCCC2)cc1)C(=O)N1CCN(C)CC1. The highest BCUT2D eigenvalue weighted by atomic mass is 16.2. The van der Waals surface area contributed by atoms with Gasteiger partial charge in [-0.25, -0.2) is 0 Å². The number of hydrogen-bond acceptors (Lipinski definition) is 5. The summed E-state index contributed by atoms with van der Waals surface area (Å²) in [5.41, 5.74) is 8.31.